The maximum Gasteiger partial charge on any atom is 0.0614 e. The van der Waals surface area contributed by atoms with E-state index in [0.717, 1.165) is 33.8 Å². The van der Waals surface area contributed by atoms with Gasteiger partial charge in [0.1, 0.15) is 0 Å². The lowest BCUT2D eigenvalue weighted by atomic mass is 10.0. The van der Waals surface area contributed by atoms with E-state index in [1.807, 2.05) is 83.3 Å². The second-order valence-electron chi connectivity index (χ2n) is 6.88. The number of allylic oxidation sites excluding steroid dienone is 5. The molecule has 0 radical (unpaired) electrons. The van der Waals surface area contributed by atoms with E-state index in [-0.39, 0.29) is 0 Å². The number of anilines is 1. The van der Waals surface area contributed by atoms with Crippen LogP contribution in [0.25, 0.3) is 11.1 Å². The lowest BCUT2D eigenvalue weighted by Crippen LogP contribution is -2.21. The molecule has 0 aliphatic heterocycles. The number of hydrogen-bond acceptors (Lipinski definition) is 2. The minimum atomic E-state index is 0.964. The summed E-state index contributed by atoms with van der Waals surface area (Å²) in [6.45, 7) is 15.9. The van der Waals surface area contributed by atoms with E-state index < -0.39 is 0 Å². The zero-order chi connectivity index (χ0) is 23.9. The Morgan fingerprint density at radius 1 is 0.844 bits per heavy atom. The standard InChI is InChI=1S/C28H30N2.C2H6/c1-7-11-13-26(9-3)30(27(10-4)22-29(5)6)28-20-18-25(19-21-28)24-16-14-23(12-8-2)15-17-24;1-2/h7,9-11,13-22H,3-4H2,1-2,5-6H3;1-2H3/b11-7-,26-13+,27-22+;. The zero-order valence-electron chi connectivity index (χ0n) is 20.4. The molecule has 2 rings (SSSR count). The summed E-state index contributed by atoms with van der Waals surface area (Å²) < 4.78 is 0. The maximum absolute atomic E-state index is 4.02. The molecule has 0 amide bonds. The number of rotatable bonds is 8. The molecule has 0 saturated heterocycles. The van der Waals surface area contributed by atoms with Gasteiger partial charge in [-0.2, -0.15) is 0 Å². The lowest BCUT2D eigenvalue weighted by molar-refractivity contribution is 0.558. The highest BCUT2D eigenvalue weighted by Gasteiger charge is 2.13. The Morgan fingerprint density at radius 3 is 1.81 bits per heavy atom. The Labute approximate surface area is 195 Å². The van der Waals surface area contributed by atoms with Crippen LogP contribution >= 0.6 is 0 Å². The van der Waals surface area contributed by atoms with Gasteiger partial charge in [-0.05, 0) is 67.5 Å². The molecule has 0 aromatic heterocycles. The van der Waals surface area contributed by atoms with E-state index in [1.165, 1.54) is 0 Å². The first-order chi connectivity index (χ1) is 15.5. The Kier molecular flexibility index (Phi) is 11.8. The summed E-state index contributed by atoms with van der Waals surface area (Å²) in [6, 6.07) is 16.8. The predicted molar refractivity (Wildman–Crippen MR) is 143 cm³/mol. The van der Waals surface area contributed by atoms with Crippen molar-refractivity contribution in [3.63, 3.8) is 0 Å². The molecular formula is C30H36N2. The maximum atomic E-state index is 4.02. The summed E-state index contributed by atoms with van der Waals surface area (Å²) in [4.78, 5) is 4.15. The van der Waals surface area contributed by atoms with Crippen LogP contribution in [0.5, 0.6) is 0 Å². The van der Waals surface area contributed by atoms with Crippen molar-refractivity contribution in [1.29, 1.82) is 0 Å². The van der Waals surface area contributed by atoms with Gasteiger partial charge in [0.15, 0.2) is 0 Å². The third kappa shape index (κ3) is 7.52. The van der Waals surface area contributed by atoms with E-state index >= 15 is 0 Å². The molecule has 0 fully saturated rings. The third-order valence-electron chi connectivity index (χ3n) is 4.40. The van der Waals surface area contributed by atoms with Crippen molar-refractivity contribution < 1.29 is 0 Å². The molecule has 166 valence electrons. The summed E-state index contributed by atoms with van der Waals surface area (Å²) in [6.07, 6.45) is 11.8. The van der Waals surface area contributed by atoms with E-state index in [1.54, 1.807) is 0 Å². The molecule has 2 nitrogen and oxygen atoms in total. The van der Waals surface area contributed by atoms with Gasteiger partial charge in [-0.3, -0.25) is 0 Å². The number of hydrogen-bond donors (Lipinski definition) is 0. The van der Waals surface area contributed by atoms with E-state index in [0.29, 0.717) is 0 Å². The summed E-state index contributed by atoms with van der Waals surface area (Å²) in [7, 11) is 4.00. The average molecular weight is 425 g/mol. The predicted octanol–water partition coefficient (Wildman–Crippen LogP) is 7.79. The third-order valence-corrected chi connectivity index (χ3v) is 4.40. The second kappa shape index (κ2) is 14.3. The first kappa shape index (κ1) is 26.3. The molecule has 0 saturated carbocycles. The first-order valence-corrected chi connectivity index (χ1v) is 10.9. The summed E-state index contributed by atoms with van der Waals surface area (Å²) in [5.41, 5.74) is 6.32. The molecule has 0 aliphatic rings. The van der Waals surface area contributed by atoms with Crippen molar-refractivity contribution in [1.82, 2.24) is 4.90 Å². The van der Waals surface area contributed by atoms with Gasteiger partial charge in [-0.25, -0.2) is 0 Å². The van der Waals surface area contributed by atoms with E-state index in [4.69, 9.17) is 0 Å². The molecule has 32 heavy (non-hydrogen) atoms. The van der Waals surface area contributed by atoms with Crippen LogP contribution in [0.2, 0.25) is 0 Å². The van der Waals surface area contributed by atoms with Gasteiger partial charge < -0.3 is 9.80 Å². The molecule has 0 N–H and O–H groups in total. The molecule has 0 spiro atoms. The van der Waals surface area contributed by atoms with Crippen LogP contribution in [-0.2, 0) is 0 Å². The smallest absolute Gasteiger partial charge is 0.0614 e. The topological polar surface area (TPSA) is 6.48 Å². The van der Waals surface area contributed by atoms with Gasteiger partial charge in [0, 0.05) is 37.2 Å². The molecular weight excluding hydrogens is 388 g/mol. The monoisotopic (exact) mass is 424 g/mol. The van der Waals surface area contributed by atoms with Crippen molar-refractivity contribution in [2.45, 2.75) is 27.7 Å². The summed E-state index contributed by atoms with van der Waals surface area (Å²) in [5.74, 6) is 6.02. The van der Waals surface area contributed by atoms with Gasteiger partial charge in [-0.1, -0.05) is 69.3 Å². The molecule has 0 unspecified atom stereocenters. The highest BCUT2D eigenvalue weighted by Crippen LogP contribution is 2.29. The molecule has 2 heteroatoms. The molecule has 0 aliphatic carbocycles. The van der Waals surface area contributed by atoms with Crippen molar-refractivity contribution in [3.05, 3.63) is 115 Å². The first-order valence-electron chi connectivity index (χ1n) is 10.9. The van der Waals surface area contributed by atoms with Crippen LogP contribution in [-0.4, -0.2) is 19.0 Å². The van der Waals surface area contributed by atoms with Gasteiger partial charge in [0.25, 0.3) is 0 Å². The lowest BCUT2D eigenvalue weighted by Gasteiger charge is -2.28. The zero-order valence-corrected chi connectivity index (χ0v) is 20.4. The van der Waals surface area contributed by atoms with Gasteiger partial charge in [-0.15, -0.1) is 5.92 Å². The Hall–Kier alpha value is -3.70. The van der Waals surface area contributed by atoms with Crippen LogP contribution in [0.15, 0.2) is 110 Å². The Bertz CT molecular complexity index is 1010. The average Bonchev–Trinajstić information content (AvgIpc) is 2.82. The molecule has 0 heterocycles. The van der Waals surface area contributed by atoms with Crippen LogP contribution in [0.1, 0.15) is 33.3 Å². The second-order valence-corrected chi connectivity index (χ2v) is 6.88. The van der Waals surface area contributed by atoms with Crippen LogP contribution in [0.4, 0.5) is 5.69 Å². The largest absolute Gasteiger partial charge is 0.382 e. The van der Waals surface area contributed by atoms with Crippen LogP contribution in [0, 0.1) is 11.8 Å². The van der Waals surface area contributed by atoms with Crippen LogP contribution in [0.3, 0.4) is 0 Å². The van der Waals surface area contributed by atoms with Crippen molar-refractivity contribution in [2.75, 3.05) is 19.0 Å². The Morgan fingerprint density at radius 2 is 1.38 bits per heavy atom. The minimum Gasteiger partial charge on any atom is -0.382 e. The number of nitrogens with zero attached hydrogens (tertiary/aromatic N) is 2. The fourth-order valence-corrected chi connectivity index (χ4v) is 3.04. The molecule has 0 bridgehead atoms. The van der Waals surface area contributed by atoms with Gasteiger partial charge in [0.2, 0.25) is 0 Å². The van der Waals surface area contributed by atoms with Crippen LogP contribution < -0.4 is 4.90 Å². The highest BCUT2D eigenvalue weighted by molar-refractivity contribution is 5.70. The van der Waals surface area contributed by atoms with Crippen molar-refractivity contribution in [2.24, 2.45) is 0 Å². The summed E-state index contributed by atoms with van der Waals surface area (Å²) in [5, 5.41) is 0. The molecule has 2 aromatic rings. The minimum absolute atomic E-state index is 0.964. The number of benzene rings is 2. The SMILES string of the molecule is C=C/C(=C\C=C/C)N(/C(C=C)=C/N(C)C)c1ccc(-c2ccc(C#CC)cc2)cc1.CC. The fourth-order valence-electron chi connectivity index (χ4n) is 3.04. The highest BCUT2D eigenvalue weighted by atomic mass is 15.2. The molecule has 0 atom stereocenters. The van der Waals surface area contributed by atoms with Crippen molar-refractivity contribution in [3.8, 4) is 23.0 Å². The fraction of sp³-hybridized carbons (Fsp3) is 0.200. The van der Waals surface area contributed by atoms with Gasteiger partial charge >= 0.3 is 0 Å². The van der Waals surface area contributed by atoms with Gasteiger partial charge in [0.05, 0.1) is 5.70 Å². The Balaban J connectivity index is 0.00000249. The van der Waals surface area contributed by atoms with E-state index in [9.17, 15) is 0 Å². The normalized spacial score (nSPS) is 11.1. The van der Waals surface area contributed by atoms with Crippen molar-refractivity contribution >= 4 is 5.69 Å². The molecule has 2 aromatic carbocycles. The van der Waals surface area contributed by atoms with E-state index in [2.05, 4.69) is 78.4 Å². The quantitative estimate of drug-likeness (QED) is 0.315. The summed E-state index contributed by atoms with van der Waals surface area (Å²) >= 11 is 0.